The summed E-state index contributed by atoms with van der Waals surface area (Å²) in [5, 5.41) is 6.38. The number of hydrogen-bond donors (Lipinski definition) is 1. The fourth-order valence-corrected chi connectivity index (χ4v) is 2.69. The first-order valence-corrected chi connectivity index (χ1v) is 7.48. The first kappa shape index (κ1) is 14.8. The Morgan fingerprint density at radius 3 is 3.00 bits per heavy atom. The quantitative estimate of drug-likeness (QED) is 0.849. The number of carbonyl (C=O) groups excluding carboxylic acids is 1. The Balaban J connectivity index is 2.08. The smallest absolute Gasteiger partial charge is 0.311 e. The molecule has 4 nitrogen and oxygen atoms in total. The highest BCUT2D eigenvalue weighted by molar-refractivity contribution is 7.13. The largest absolute Gasteiger partial charge is 0.466 e. The molecule has 6 heteroatoms. The van der Waals surface area contributed by atoms with E-state index >= 15 is 0 Å². The second kappa shape index (κ2) is 6.72. The molecule has 0 aliphatic rings. The lowest BCUT2D eigenvalue weighted by molar-refractivity contribution is -0.142. The lowest BCUT2D eigenvalue weighted by atomic mass is 10.2. The zero-order chi connectivity index (χ0) is 14.5. The van der Waals surface area contributed by atoms with E-state index in [0.29, 0.717) is 22.5 Å². The maximum atomic E-state index is 11.4. The van der Waals surface area contributed by atoms with E-state index in [0.717, 1.165) is 11.3 Å². The molecule has 0 bridgehead atoms. The number of hydrogen-bond acceptors (Lipinski definition) is 5. The molecule has 20 heavy (non-hydrogen) atoms. The highest BCUT2D eigenvalue weighted by atomic mass is 35.5. The third kappa shape index (κ3) is 3.71. The topological polar surface area (TPSA) is 51.2 Å². The van der Waals surface area contributed by atoms with Gasteiger partial charge in [0.2, 0.25) is 0 Å². The van der Waals surface area contributed by atoms with Gasteiger partial charge in [-0.1, -0.05) is 23.7 Å². The molecule has 2 rings (SSSR count). The van der Waals surface area contributed by atoms with Crippen LogP contribution >= 0.6 is 22.9 Å². The van der Waals surface area contributed by atoms with E-state index in [1.165, 1.54) is 11.3 Å². The van der Waals surface area contributed by atoms with Crippen LogP contribution in [0.4, 0.5) is 10.8 Å². The number of rotatable bonds is 5. The summed E-state index contributed by atoms with van der Waals surface area (Å²) < 4.78 is 4.90. The molecular formula is C14H15ClN2O2S. The number of esters is 1. The zero-order valence-corrected chi connectivity index (χ0v) is 12.8. The van der Waals surface area contributed by atoms with Crippen molar-refractivity contribution >= 4 is 39.7 Å². The molecule has 2 aromatic rings. The Morgan fingerprint density at radius 1 is 1.50 bits per heavy atom. The van der Waals surface area contributed by atoms with Crippen molar-refractivity contribution in [2.75, 3.05) is 11.9 Å². The first-order chi connectivity index (χ1) is 9.60. The predicted octanol–water partition coefficient (Wildman–Crippen LogP) is 3.95. The van der Waals surface area contributed by atoms with Crippen LogP contribution in [0.1, 0.15) is 18.2 Å². The van der Waals surface area contributed by atoms with E-state index in [1.807, 2.05) is 30.5 Å². The second-order valence-electron chi connectivity index (χ2n) is 4.18. The van der Waals surface area contributed by atoms with Crippen LogP contribution in [0.2, 0.25) is 5.02 Å². The summed E-state index contributed by atoms with van der Waals surface area (Å²) in [6, 6.07) is 5.70. The number of halogens is 1. The molecule has 0 atom stereocenters. The average Bonchev–Trinajstić information content (AvgIpc) is 2.82. The molecule has 1 heterocycles. The number of nitrogens with zero attached hydrogens (tertiary/aromatic N) is 1. The standard InChI is InChI=1S/C14H15ClN2O2S/c1-3-19-12(18)7-10-8-20-14(16-10)17-13-9(2)5-4-6-11(13)15/h4-6,8H,3,7H2,1-2H3,(H,16,17). The molecular weight excluding hydrogens is 296 g/mol. The van der Waals surface area contributed by atoms with Crippen molar-refractivity contribution in [3.8, 4) is 0 Å². The molecule has 1 aromatic heterocycles. The average molecular weight is 311 g/mol. The maximum absolute atomic E-state index is 11.4. The monoisotopic (exact) mass is 310 g/mol. The third-order valence-corrected chi connectivity index (χ3v) is 3.76. The summed E-state index contributed by atoms with van der Waals surface area (Å²) in [7, 11) is 0. The first-order valence-electron chi connectivity index (χ1n) is 6.22. The van der Waals surface area contributed by atoms with Crippen LogP contribution < -0.4 is 5.32 Å². The van der Waals surface area contributed by atoms with E-state index in [2.05, 4.69) is 10.3 Å². The zero-order valence-electron chi connectivity index (χ0n) is 11.3. The number of carbonyl (C=O) groups is 1. The molecule has 0 aliphatic heterocycles. The molecule has 0 aliphatic carbocycles. The minimum atomic E-state index is -0.265. The fraction of sp³-hybridized carbons (Fsp3) is 0.286. The van der Waals surface area contributed by atoms with Gasteiger partial charge in [0.1, 0.15) is 0 Å². The van der Waals surface area contributed by atoms with Gasteiger partial charge in [-0.25, -0.2) is 4.98 Å². The minimum Gasteiger partial charge on any atom is -0.466 e. The number of thiazole rings is 1. The maximum Gasteiger partial charge on any atom is 0.311 e. The van der Waals surface area contributed by atoms with Gasteiger partial charge in [0, 0.05) is 5.38 Å². The minimum absolute atomic E-state index is 0.188. The van der Waals surface area contributed by atoms with Crippen LogP contribution in [0.25, 0.3) is 0 Å². The fourth-order valence-electron chi connectivity index (χ4n) is 1.70. The molecule has 1 N–H and O–H groups in total. The number of ether oxygens (including phenoxy) is 1. The van der Waals surface area contributed by atoms with Gasteiger partial charge < -0.3 is 10.1 Å². The van der Waals surface area contributed by atoms with E-state index in [4.69, 9.17) is 16.3 Å². The number of para-hydroxylation sites is 1. The van der Waals surface area contributed by atoms with E-state index in [9.17, 15) is 4.79 Å². The number of benzene rings is 1. The third-order valence-electron chi connectivity index (χ3n) is 2.64. The van der Waals surface area contributed by atoms with Gasteiger partial charge >= 0.3 is 5.97 Å². The molecule has 0 fully saturated rings. The lowest BCUT2D eigenvalue weighted by Gasteiger charge is -2.08. The Kier molecular flexibility index (Phi) is 4.98. The number of aromatic nitrogens is 1. The van der Waals surface area contributed by atoms with Crippen molar-refractivity contribution in [1.82, 2.24) is 4.98 Å². The van der Waals surface area contributed by atoms with Crippen LogP contribution in [0.15, 0.2) is 23.6 Å². The van der Waals surface area contributed by atoms with Crippen LogP contribution in [-0.4, -0.2) is 17.6 Å². The van der Waals surface area contributed by atoms with Crippen molar-refractivity contribution in [3.63, 3.8) is 0 Å². The van der Waals surface area contributed by atoms with E-state index in [-0.39, 0.29) is 12.4 Å². The van der Waals surface area contributed by atoms with Gasteiger partial charge in [-0.2, -0.15) is 0 Å². The molecule has 0 radical (unpaired) electrons. The summed E-state index contributed by atoms with van der Waals surface area (Å²) >= 11 is 7.59. The van der Waals surface area contributed by atoms with Crippen molar-refractivity contribution in [3.05, 3.63) is 39.9 Å². The van der Waals surface area contributed by atoms with Gasteiger partial charge in [-0.15, -0.1) is 11.3 Å². The summed E-state index contributed by atoms with van der Waals surface area (Å²) in [5.41, 5.74) is 2.58. The van der Waals surface area contributed by atoms with E-state index < -0.39 is 0 Å². The van der Waals surface area contributed by atoms with Gasteiger partial charge in [0.05, 0.1) is 29.4 Å². The van der Waals surface area contributed by atoms with Crippen LogP contribution in [0.3, 0.4) is 0 Å². The molecule has 106 valence electrons. The number of aryl methyl sites for hydroxylation is 1. The van der Waals surface area contributed by atoms with Gasteiger partial charge in [0.25, 0.3) is 0 Å². The second-order valence-corrected chi connectivity index (χ2v) is 5.45. The summed E-state index contributed by atoms with van der Waals surface area (Å²) in [4.78, 5) is 15.7. The van der Waals surface area contributed by atoms with Crippen molar-refractivity contribution < 1.29 is 9.53 Å². The van der Waals surface area contributed by atoms with Crippen LogP contribution in [-0.2, 0) is 16.0 Å². The Labute approximate surface area is 126 Å². The normalized spacial score (nSPS) is 10.3. The van der Waals surface area contributed by atoms with Gasteiger partial charge in [-0.3, -0.25) is 4.79 Å². The molecule has 0 saturated carbocycles. The summed E-state index contributed by atoms with van der Waals surface area (Å²) in [6.07, 6.45) is 0.188. The van der Waals surface area contributed by atoms with Crippen molar-refractivity contribution in [1.29, 1.82) is 0 Å². The highest BCUT2D eigenvalue weighted by Crippen LogP contribution is 2.30. The molecule has 1 aromatic carbocycles. The number of nitrogens with one attached hydrogen (secondary N) is 1. The van der Waals surface area contributed by atoms with Crippen LogP contribution in [0, 0.1) is 6.92 Å². The molecule has 0 amide bonds. The summed E-state index contributed by atoms with van der Waals surface area (Å²) in [6.45, 7) is 4.14. The molecule has 0 saturated heterocycles. The van der Waals surface area contributed by atoms with Crippen molar-refractivity contribution in [2.24, 2.45) is 0 Å². The predicted molar refractivity (Wildman–Crippen MR) is 81.9 cm³/mol. The Hall–Kier alpha value is -1.59. The lowest BCUT2D eigenvalue weighted by Crippen LogP contribution is -2.07. The van der Waals surface area contributed by atoms with Gasteiger partial charge in [0.15, 0.2) is 5.13 Å². The SMILES string of the molecule is CCOC(=O)Cc1csc(Nc2c(C)cccc2Cl)n1. The highest BCUT2D eigenvalue weighted by Gasteiger charge is 2.10. The molecule has 0 spiro atoms. The Bertz CT molecular complexity index is 593. The van der Waals surface area contributed by atoms with Gasteiger partial charge in [-0.05, 0) is 25.5 Å². The molecule has 0 unspecified atom stereocenters. The van der Waals surface area contributed by atoms with Crippen molar-refractivity contribution in [2.45, 2.75) is 20.3 Å². The summed E-state index contributed by atoms with van der Waals surface area (Å²) in [5.74, 6) is -0.265. The Morgan fingerprint density at radius 2 is 2.30 bits per heavy atom. The van der Waals surface area contributed by atoms with E-state index in [1.54, 1.807) is 6.92 Å². The van der Waals surface area contributed by atoms with Crippen LogP contribution in [0.5, 0.6) is 0 Å². The number of anilines is 2.